The lowest BCUT2D eigenvalue weighted by Gasteiger charge is -2.20. The van der Waals surface area contributed by atoms with Gasteiger partial charge in [-0.2, -0.15) is 0 Å². The molecule has 0 saturated carbocycles. The average molecular weight is 355 g/mol. The van der Waals surface area contributed by atoms with Crippen LogP contribution in [0.4, 0.5) is 10.5 Å². The summed E-state index contributed by atoms with van der Waals surface area (Å²) in [6, 6.07) is 15.2. The third kappa shape index (κ3) is 4.26. The van der Waals surface area contributed by atoms with Gasteiger partial charge in [-0.1, -0.05) is 12.1 Å². The maximum absolute atomic E-state index is 12.4. The topological polar surface area (TPSA) is 54.0 Å². The Morgan fingerprint density at radius 3 is 2.42 bits per heavy atom. The highest BCUT2D eigenvalue weighted by Crippen LogP contribution is 2.31. The Morgan fingerprint density at radius 2 is 1.81 bits per heavy atom. The number of hydrogen-bond acceptors (Lipinski definition) is 4. The van der Waals surface area contributed by atoms with Crippen LogP contribution in [0.2, 0.25) is 0 Å². The molecule has 0 aromatic heterocycles. The minimum atomic E-state index is -0.0623. The number of urea groups is 1. The molecule has 6 heteroatoms. The van der Waals surface area contributed by atoms with Gasteiger partial charge in [-0.05, 0) is 56.9 Å². The molecule has 1 aliphatic heterocycles. The van der Waals surface area contributed by atoms with Crippen LogP contribution in [0.25, 0.3) is 0 Å². The number of ether oxygens (including phenoxy) is 2. The lowest BCUT2D eigenvalue weighted by Crippen LogP contribution is -2.36. The zero-order chi connectivity index (χ0) is 18.5. The molecule has 1 N–H and O–H groups in total. The van der Waals surface area contributed by atoms with Gasteiger partial charge in [0.1, 0.15) is 5.75 Å². The molecule has 1 atom stereocenters. The third-order valence-electron chi connectivity index (χ3n) is 4.58. The second kappa shape index (κ2) is 8.10. The Kier molecular flexibility index (Phi) is 5.63. The van der Waals surface area contributed by atoms with Crippen LogP contribution in [0, 0.1) is 0 Å². The molecule has 2 aromatic rings. The van der Waals surface area contributed by atoms with Gasteiger partial charge in [0.05, 0.1) is 7.11 Å². The molecule has 1 saturated heterocycles. The van der Waals surface area contributed by atoms with Crippen LogP contribution in [0.15, 0.2) is 48.5 Å². The van der Waals surface area contributed by atoms with E-state index in [-0.39, 0.29) is 6.03 Å². The van der Waals surface area contributed by atoms with Crippen molar-refractivity contribution < 1.29 is 14.3 Å². The number of nitrogens with one attached hydrogen (secondary N) is 1. The van der Waals surface area contributed by atoms with Crippen molar-refractivity contribution >= 4 is 11.7 Å². The highest BCUT2D eigenvalue weighted by Gasteiger charge is 2.27. The van der Waals surface area contributed by atoms with Crippen molar-refractivity contribution in [2.75, 3.05) is 39.6 Å². The van der Waals surface area contributed by atoms with Gasteiger partial charge in [0.15, 0.2) is 11.5 Å². The molecule has 2 amide bonds. The first kappa shape index (κ1) is 18.1. The van der Waals surface area contributed by atoms with Gasteiger partial charge in [-0.15, -0.1) is 0 Å². The summed E-state index contributed by atoms with van der Waals surface area (Å²) in [7, 11) is 5.71. The van der Waals surface area contributed by atoms with E-state index in [0.717, 1.165) is 25.2 Å². The van der Waals surface area contributed by atoms with Gasteiger partial charge in [0, 0.05) is 24.8 Å². The standard InChI is InChI=1S/C20H25N3O3/c1-22(2)16-12-13-23(14-16)20(24)21-15-8-10-17(11-9-15)26-19-7-5-4-6-18(19)25-3/h4-11,16H,12-14H2,1-3H3,(H,21,24). The number of nitrogens with zero attached hydrogens (tertiary/aromatic N) is 2. The number of rotatable bonds is 5. The van der Waals surface area contributed by atoms with Crippen LogP contribution in [-0.4, -0.2) is 56.2 Å². The van der Waals surface area contributed by atoms with Crippen molar-refractivity contribution in [2.24, 2.45) is 0 Å². The quantitative estimate of drug-likeness (QED) is 0.889. The Morgan fingerprint density at radius 1 is 1.12 bits per heavy atom. The SMILES string of the molecule is COc1ccccc1Oc1ccc(NC(=O)N2CCC(N(C)C)C2)cc1. The number of likely N-dealkylation sites (N-methyl/N-ethyl adjacent to an activating group) is 1. The fraction of sp³-hybridized carbons (Fsp3) is 0.350. The summed E-state index contributed by atoms with van der Waals surface area (Å²) in [5.41, 5.74) is 0.746. The number of methoxy groups -OCH3 is 1. The molecule has 1 fully saturated rings. The number of para-hydroxylation sites is 2. The van der Waals surface area contributed by atoms with Crippen molar-refractivity contribution in [3.8, 4) is 17.2 Å². The van der Waals surface area contributed by atoms with Gasteiger partial charge in [-0.25, -0.2) is 4.79 Å². The molecule has 26 heavy (non-hydrogen) atoms. The van der Waals surface area contributed by atoms with Gasteiger partial charge >= 0.3 is 6.03 Å². The van der Waals surface area contributed by atoms with E-state index in [2.05, 4.69) is 10.2 Å². The third-order valence-corrected chi connectivity index (χ3v) is 4.58. The number of hydrogen-bond donors (Lipinski definition) is 1. The highest BCUT2D eigenvalue weighted by atomic mass is 16.5. The van der Waals surface area contributed by atoms with Gasteiger partial charge < -0.3 is 24.6 Å². The number of benzene rings is 2. The minimum Gasteiger partial charge on any atom is -0.493 e. The fourth-order valence-corrected chi connectivity index (χ4v) is 2.99. The number of carbonyl (C=O) groups excluding carboxylic acids is 1. The molecule has 2 aromatic carbocycles. The number of amides is 2. The summed E-state index contributed by atoms with van der Waals surface area (Å²) < 4.78 is 11.1. The first-order valence-corrected chi connectivity index (χ1v) is 8.70. The average Bonchev–Trinajstić information content (AvgIpc) is 3.14. The Hall–Kier alpha value is -2.73. The Labute approximate surface area is 154 Å². The monoisotopic (exact) mass is 355 g/mol. The molecule has 0 radical (unpaired) electrons. The highest BCUT2D eigenvalue weighted by molar-refractivity contribution is 5.89. The first-order chi connectivity index (χ1) is 12.6. The minimum absolute atomic E-state index is 0.0623. The summed E-state index contributed by atoms with van der Waals surface area (Å²) in [6.45, 7) is 1.54. The van der Waals surface area contributed by atoms with Crippen molar-refractivity contribution in [3.05, 3.63) is 48.5 Å². The number of anilines is 1. The van der Waals surface area contributed by atoms with E-state index in [1.54, 1.807) is 7.11 Å². The van der Waals surface area contributed by atoms with Crippen LogP contribution in [0.1, 0.15) is 6.42 Å². The predicted octanol–water partition coefficient (Wildman–Crippen LogP) is 3.66. The smallest absolute Gasteiger partial charge is 0.321 e. The summed E-state index contributed by atoms with van der Waals surface area (Å²) >= 11 is 0. The predicted molar refractivity (Wildman–Crippen MR) is 102 cm³/mol. The van der Waals surface area contributed by atoms with E-state index >= 15 is 0 Å². The van der Waals surface area contributed by atoms with E-state index < -0.39 is 0 Å². The molecule has 1 unspecified atom stereocenters. The van der Waals surface area contributed by atoms with Crippen molar-refractivity contribution in [1.29, 1.82) is 0 Å². The molecule has 138 valence electrons. The molecular weight excluding hydrogens is 330 g/mol. The van der Waals surface area contributed by atoms with Crippen molar-refractivity contribution in [2.45, 2.75) is 12.5 Å². The van der Waals surface area contributed by atoms with E-state index in [1.807, 2.05) is 67.5 Å². The van der Waals surface area contributed by atoms with Crippen LogP contribution in [-0.2, 0) is 0 Å². The van der Waals surface area contributed by atoms with Crippen molar-refractivity contribution in [3.63, 3.8) is 0 Å². The van der Waals surface area contributed by atoms with Crippen LogP contribution >= 0.6 is 0 Å². The number of carbonyl (C=O) groups is 1. The molecule has 0 bridgehead atoms. The lowest BCUT2D eigenvalue weighted by atomic mass is 10.2. The summed E-state index contributed by atoms with van der Waals surface area (Å²) in [5.74, 6) is 2.01. The van der Waals surface area contributed by atoms with E-state index in [1.165, 1.54) is 0 Å². The second-order valence-corrected chi connectivity index (χ2v) is 6.56. The molecule has 0 aliphatic carbocycles. The molecule has 6 nitrogen and oxygen atoms in total. The lowest BCUT2D eigenvalue weighted by molar-refractivity contribution is 0.216. The largest absolute Gasteiger partial charge is 0.493 e. The zero-order valence-electron chi connectivity index (χ0n) is 15.4. The number of likely N-dealkylation sites (tertiary alicyclic amines) is 1. The van der Waals surface area contributed by atoms with Crippen LogP contribution in [0.3, 0.4) is 0 Å². The maximum atomic E-state index is 12.4. The van der Waals surface area contributed by atoms with Crippen LogP contribution in [0.5, 0.6) is 17.2 Å². The zero-order valence-corrected chi connectivity index (χ0v) is 15.4. The first-order valence-electron chi connectivity index (χ1n) is 8.70. The van der Waals surface area contributed by atoms with E-state index in [4.69, 9.17) is 9.47 Å². The van der Waals surface area contributed by atoms with Gasteiger partial charge in [0.25, 0.3) is 0 Å². The van der Waals surface area contributed by atoms with E-state index in [0.29, 0.717) is 23.3 Å². The van der Waals surface area contributed by atoms with E-state index in [9.17, 15) is 4.79 Å². The maximum Gasteiger partial charge on any atom is 0.321 e. The van der Waals surface area contributed by atoms with Crippen molar-refractivity contribution in [1.82, 2.24) is 9.80 Å². The molecule has 0 spiro atoms. The molecular formula is C20H25N3O3. The van der Waals surface area contributed by atoms with Gasteiger partial charge in [-0.3, -0.25) is 0 Å². The Bertz CT molecular complexity index is 746. The van der Waals surface area contributed by atoms with Gasteiger partial charge in [0.2, 0.25) is 0 Å². The fourth-order valence-electron chi connectivity index (χ4n) is 2.99. The summed E-state index contributed by atoms with van der Waals surface area (Å²) in [5, 5.41) is 2.95. The normalized spacial score (nSPS) is 16.6. The molecule has 1 heterocycles. The summed E-state index contributed by atoms with van der Waals surface area (Å²) in [6.07, 6.45) is 1.01. The second-order valence-electron chi connectivity index (χ2n) is 6.56. The van der Waals surface area contributed by atoms with Crippen LogP contribution < -0.4 is 14.8 Å². The molecule has 1 aliphatic rings. The summed E-state index contributed by atoms with van der Waals surface area (Å²) in [4.78, 5) is 16.4. The molecule has 3 rings (SSSR count). The Balaban J connectivity index is 1.59.